The summed E-state index contributed by atoms with van der Waals surface area (Å²) in [7, 11) is 0. The molecule has 26 heavy (non-hydrogen) atoms. The van der Waals surface area contributed by atoms with Gasteiger partial charge in [0.2, 0.25) is 0 Å². The van der Waals surface area contributed by atoms with Crippen molar-refractivity contribution in [3.05, 3.63) is 58.1 Å². The van der Waals surface area contributed by atoms with E-state index in [0.717, 1.165) is 6.42 Å². The Bertz CT molecular complexity index is 784. The number of hydrogen-bond donors (Lipinski definition) is 2. The van der Waals surface area contributed by atoms with Crippen molar-refractivity contribution in [1.29, 1.82) is 0 Å². The molecule has 0 fully saturated rings. The average molecular weight is 397 g/mol. The first kappa shape index (κ1) is 19.9. The maximum atomic E-state index is 12.2. The van der Waals surface area contributed by atoms with Gasteiger partial charge < -0.3 is 9.47 Å². The first-order chi connectivity index (χ1) is 12.5. The number of rotatable bonds is 7. The van der Waals surface area contributed by atoms with Gasteiger partial charge in [0, 0.05) is 5.02 Å². The third-order valence-corrected chi connectivity index (χ3v) is 3.69. The zero-order valence-corrected chi connectivity index (χ0v) is 15.6. The van der Waals surface area contributed by atoms with Crippen LogP contribution >= 0.6 is 23.2 Å². The zero-order valence-electron chi connectivity index (χ0n) is 14.1. The largest absolute Gasteiger partial charge is 0.493 e. The first-order valence-electron chi connectivity index (χ1n) is 7.90. The standard InChI is InChI=1S/C18H18Cl2N2O4/c1-2-9-25-15-6-4-3-5-13(15)18(24)22-21-17(23)11-26-16-8-7-12(19)10-14(16)20/h3-8,10H,2,9,11H2,1H3,(H,21,23)(H,22,24). The molecule has 2 rings (SSSR count). The maximum Gasteiger partial charge on any atom is 0.276 e. The van der Waals surface area contributed by atoms with E-state index >= 15 is 0 Å². The molecule has 0 aliphatic rings. The minimum absolute atomic E-state index is 0.288. The second-order valence-corrected chi connectivity index (χ2v) is 6.05. The molecule has 138 valence electrons. The lowest BCUT2D eigenvalue weighted by molar-refractivity contribution is -0.123. The lowest BCUT2D eigenvalue weighted by atomic mass is 10.2. The highest BCUT2D eigenvalue weighted by Gasteiger charge is 2.13. The predicted octanol–water partition coefficient (Wildman–Crippen LogP) is 3.62. The molecule has 2 N–H and O–H groups in total. The molecular weight excluding hydrogens is 379 g/mol. The fourth-order valence-corrected chi connectivity index (χ4v) is 2.42. The molecule has 0 heterocycles. The average Bonchev–Trinajstić information content (AvgIpc) is 2.64. The van der Waals surface area contributed by atoms with Crippen molar-refractivity contribution in [3.8, 4) is 11.5 Å². The monoisotopic (exact) mass is 396 g/mol. The summed E-state index contributed by atoms with van der Waals surface area (Å²) in [4.78, 5) is 24.1. The molecule has 0 aliphatic heterocycles. The normalized spacial score (nSPS) is 10.1. The number of carbonyl (C=O) groups excluding carboxylic acids is 2. The summed E-state index contributed by atoms with van der Waals surface area (Å²) in [5.74, 6) is -0.271. The van der Waals surface area contributed by atoms with Gasteiger partial charge in [0.15, 0.2) is 6.61 Å². The van der Waals surface area contributed by atoms with Crippen molar-refractivity contribution in [2.24, 2.45) is 0 Å². The number of halogens is 2. The van der Waals surface area contributed by atoms with E-state index in [9.17, 15) is 9.59 Å². The van der Waals surface area contributed by atoms with Gasteiger partial charge in [0.1, 0.15) is 11.5 Å². The third-order valence-electron chi connectivity index (χ3n) is 3.16. The molecule has 8 heteroatoms. The van der Waals surface area contributed by atoms with Crippen LogP contribution in [-0.4, -0.2) is 25.0 Å². The van der Waals surface area contributed by atoms with Crippen molar-refractivity contribution in [2.75, 3.05) is 13.2 Å². The Morgan fingerprint density at radius 2 is 1.77 bits per heavy atom. The number of hydrogen-bond acceptors (Lipinski definition) is 4. The quantitative estimate of drug-likeness (QED) is 0.700. The number of carbonyl (C=O) groups is 2. The first-order valence-corrected chi connectivity index (χ1v) is 8.65. The molecule has 2 amide bonds. The highest BCUT2D eigenvalue weighted by Crippen LogP contribution is 2.27. The molecule has 0 unspecified atom stereocenters. The van der Waals surface area contributed by atoms with Crippen LogP contribution in [0.5, 0.6) is 11.5 Å². The Morgan fingerprint density at radius 1 is 1.00 bits per heavy atom. The molecule has 0 radical (unpaired) electrons. The summed E-state index contributed by atoms with van der Waals surface area (Å²) in [6, 6.07) is 11.4. The van der Waals surface area contributed by atoms with E-state index in [1.807, 2.05) is 6.92 Å². The SMILES string of the molecule is CCCOc1ccccc1C(=O)NNC(=O)COc1ccc(Cl)cc1Cl. The molecule has 2 aromatic carbocycles. The van der Waals surface area contributed by atoms with Gasteiger partial charge in [-0.3, -0.25) is 20.4 Å². The van der Waals surface area contributed by atoms with Crippen LogP contribution in [0.15, 0.2) is 42.5 Å². The Hall–Kier alpha value is -2.44. The van der Waals surface area contributed by atoms with E-state index in [-0.39, 0.29) is 11.6 Å². The minimum Gasteiger partial charge on any atom is -0.493 e. The van der Waals surface area contributed by atoms with E-state index in [2.05, 4.69) is 10.9 Å². The summed E-state index contributed by atoms with van der Waals surface area (Å²) in [5.41, 5.74) is 4.92. The molecule has 0 atom stereocenters. The molecule has 6 nitrogen and oxygen atoms in total. The Kier molecular flexibility index (Phi) is 7.56. The van der Waals surface area contributed by atoms with Gasteiger partial charge >= 0.3 is 0 Å². The van der Waals surface area contributed by atoms with Crippen LogP contribution in [0.1, 0.15) is 23.7 Å². The van der Waals surface area contributed by atoms with Gasteiger partial charge in [-0.2, -0.15) is 0 Å². The second-order valence-electron chi connectivity index (χ2n) is 5.21. The van der Waals surface area contributed by atoms with Crippen molar-refractivity contribution in [2.45, 2.75) is 13.3 Å². The lowest BCUT2D eigenvalue weighted by Crippen LogP contribution is -2.43. The summed E-state index contributed by atoms with van der Waals surface area (Å²) >= 11 is 11.7. The van der Waals surface area contributed by atoms with Gasteiger partial charge in [0.05, 0.1) is 17.2 Å². The van der Waals surface area contributed by atoms with Gasteiger partial charge in [-0.1, -0.05) is 42.3 Å². The molecule has 0 aliphatic carbocycles. The van der Waals surface area contributed by atoms with Crippen LogP contribution in [0.4, 0.5) is 0 Å². The number of nitrogens with one attached hydrogen (secondary N) is 2. The number of amides is 2. The molecule has 0 saturated heterocycles. The van der Waals surface area contributed by atoms with Crippen LogP contribution in [0.25, 0.3) is 0 Å². The van der Waals surface area contributed by atoms with Gasteiger partial charge in [-0.15, -0.1) is 0 Å². The topological polar surface area (TPSA) is 76.7 Å². The predicted molar refractivity (Wildman–Crippen MR) is 99.8 cm³/mol. The number of ether oxygens (including phenoxy) is 2. The third kappa shape index (κ3) is 5.82. The summed E-state index contributed by atoms with van der Waals surface area (Å²) in [6.45, 7) is 2.14. The molecule has 0 spiro atoms. The highest BCUT2D eigenvalue weighted by molar-refractivity contribution is 6.35. The van der Waals surface area contributed by atoms with Crippen molar-refractivity contribution < 1.29 is 19.1 Å². The van der Waals surface area contributed by atoms with Crippen LogP contribution in [0.3, 0.4) is 0 Å². The summed E-state index contributed by atoms with van der Waals surface area (Å²) in [6.07, 6.45) is 0.817. The fourth-order valence-electron chi connectivity index (χ4n) is 1.96. The summed E-state index contributed by atoms with van der Waals surface area (Å²) < 4.78 is 10.8. The fraction of sp³-hybridized carbons (Fsp3) is 0.222. The van der Waals surface area contributed by atoms with Crippen molar-refractivity contribution in [1.82, 2.24) is 10.9 Å². The van der Waals surface area contributed by atoms with Crippen LogP contribution < -0.4 is 20.3 Å². The Balaban J connectivity index is 1.86. The number of para-hydroxylation sites is 1. The number of hydrazine groups is 1. The maximum absolute atomic E-state index is 12.2. The highest BCUT2D eigenvalue weighted by atomic mass is 35.5. The Morgan fingerprint density at radius 3 is 2.50 bits per heavy atom. The smallest absolute Gasteiger partial charge is 0.276 e. The molecular formula is C18H18Cl2N2O4. The Labute approximate surface area is 161 Å². The molecule has 0 saturated carbocycles. The van der Waals surface area contributed by atoms with Gasteiger partial charge in [0.25, 0.3) is 11.8 Å². The van der Waals surface area contributed by atoms with E-state index in [1.54, 1.807) is 36.4 Å². The zero-order chi connectivity index (χ0) is 18.9. The van der Waals surface area contributed by atoms with E-state index in [0.29, 0.717) is 28.7 Å². The molecule has 0 aromatic heterocycles. The van der Waals surface area contributed by atoms with Crippen molar-refractivity contribution in [3.63, 3.8) is 0 Å². The van der Waals surface area contributed by atoms with E-state index < -0.39 is 11.8 Å². The van der Waals surface area contributed by atoms with Gasteiger partial charge in [-0.05, 0) is 36.8 Å². The lowest BCUT2D eigenvalue weighted by Gasteiger charge is -2.12. The van der Waals surface area contributed by atoms with Gasteiger partial charge in [-0.25, -0.2) is 0 Å². The van der Waals surface area contributed by atoms with Crippen molar-refractivity contribution >= 4 is 35.0 Å². The minimum atomic E-state index is -0.545. The summed E-state index contributed by atoms with van der Waals surface area (Å²) in [5, 5.41) is 0.749. The molecule has 2 aromatic rings. The van der Waals surface area contributed by atoms with E-state index in [4.69, 9.17) is 32.7 Å². The van der Waals surface area contributed by atoms with Crippen LogP contribution in [-0.2, 0) is 4.79 Å². The second kappa shape index (κ2) is 9.89. The van der Waals surface area contributed by atoms with Crippen LogP contribution in [0, 0.1) is 0 Å². The van der Waals surface area contributed by atoms with Crippen LogP contribution in [0.2, 0.25) is 10.0 Å². The number of benzene rings is 2. The van der Waals surface area contributed by atoms with E-state index in [1.165, 1.54) is 6.07 Å². The molecule has 0 bridgehead atoms.